The first-order chi connectivity index (χ1) is 9.08. The summed E-state index contributed by atoms with van der Waals surface area (Å²) in [6.45, 7) is 2.14. The number of pyridine rings is 1. The summed E-state index contributed by atoms with van der Waals surface area (Å²) in [5, 5.41) is 0. The SMILES string of the molecule is Cc1ccncc1C(N)C1(N(C)C)CCCCCC1. The van der Waals surface area contributed by atoms with Gasteiger partial charge < -0.3 is 10.6 Å². The Morgan fingerprint density at radius 3 is 2.37 bits per heavy atom. The molecule has 0 spiro atoms. The lowest BCUT2D eigenvalue weighted by Gasteiger charge is -2.44. The molecule has 3 heteroatoms. The first-order valence-electron chi connectivity index (χ1n) is 7.41. The maximum Gasteiger partial charge on any atom is 0.0499 e. The number of nitrogens with two attached hydrogens (primary N) is 1. The third-order valence-electron chi connectivity index (χ3n) is 4.85. The molecule has 0 radical (unpaired) electrons. The van der Waals surface area contributed by atoms with Gasteiger partial charge in [0, 0.05) is 24.0 Å². The molecule has 1 atom stereocenters. The normalized spacial score (nSPS) is 21.1. The maximum absolute atomic E-state index is 6.69. The Balaban J connectivity index is 2.35. The van der Waals surface area contributed by atoms with Crippen molar-refractivity contribution in [3.05, 3.63) is 29.6 Å². The summed E-state index contributed by atoms with van der Waals surface area (Å²) in [4.78, 5) is 6.63. The molecule has 1 aromatic heterocycles. The highest BCUT2D eigenvalue weighted by Crippen LogP contribution is 2.40. The summed E-state index contributed by atoms with van der Waals surface area (Å²) in [6, 6.07) is 2.12. The molecule has 0 bridgehead atoms. The van der Waals surface area contributed by atoms with E-state index in [4.69, 9.17) is 5.73 Å². The zero-order valence-corrected chi connectivity index (χ0v) is 12.5. The Kier molecular flexibility index (Phi) is 4.58. The molecule has 1 saturated carbocycles. The van der Waals surface area contributed by atoms with E-state index in [1.807, 2.05) is 12.4 Å². The molecular weight excluding hydrogens is 234 g/mol. The van der Waals surface area contributed by atoms with Gasteiger partial charge in [0.2, 0.25) is 0 Å². The second-order valence-electron chi connectivity index (χ2n) is 6.12. The molecule has 1 unspecified atom stereocenters. The molecule has 3 nitrogen and oxygen atoms in total. The van der Waals surface area contributed by atoms with Gasteiger partial charge in [-0.25, -0.2) is 0 Å². The molecule has 1 aliphatic rings. The van der Waals surface area contributed by atoms with Gasteiger partial charge in [0.05, 0.1) is 0 Å². The van der Waals surface area contributed by atoms with Crippen LogP contribution in [-0.2, 0) is 0 Å². The molecule has 1 aliphatic carbocycles. The summed E-state index contributed by atoms with van der Waals surface area (Å²) in [6.07, 6.45) is 11.4. The Hall–Kier alpha value is -0.930. The molecule has 0 amide bonds. The minimum absolute atomic E-state index is 0.0503. The molecule has 1 heterocycles. The zero-order valence-electron chi connectivity index (χ0n) is 12.5. The van der Waals surface area contributed by atoms with Gasteiger partial charge in [0.1, 0.15) is 0 Å². The second-order valence-corrected chi connectivity index (χ2v) is 6.12. The topological polar surface area (TPSA) is 42.1 Å². The first kappa shape index (κ1) is 14.5. The molecule has 1 aromatic rings. The van der Waals surface area contributed by atoms with E-state index in [0.29, 0.717) is 0 Å². The van der Waals surface area contributed by atoms with Gasteiger partial charge in [0.25, 0.3) is 0 Å². The Bertz CT molecular complexity index is 406. The minimum Gasteiger partial charge on any atom is -0.322 e. The van der Waals surface area contributed by atoms with E-state index in [9.17, 15) is 0 Å². The Morgan fingerprint density at radius 1 is 1.21 bits per heavy atom. The number of likely N-dealkylation sites (N-methyl/N-ethyl adjacent to an activating group) is 1. The lowest BCUT2D eigenvalue weighted by Crippen LogP contribution is -2.52. The van der Waals surface area contributed by atoms with Crippen molar-refractivity contribution in [2.75, 3.05) is 14.1 Å². The van der Waals surface area contributed by atoms with Crippen LogP contribution in [0.25, 0.3) is 0 Å². The molecule has 19 heavy (non-hydrogen) atoms. The van der Waals surface area contributed by atoms with Crippen LogP contribution in [0, 0.1) is 6.92 Å². The molecule has 0 saturated heterocycles. The maximum atomic E-state index is 6.69. The van der Waals surface area contributed by atoms with Crippen LogP contribution < -0.4 is 5.73 Å². The molecular formula is C16H27N3. The molecule has 2 N–H and O–H groups in total. The van der Waals surface area contributed by atoms with E-state index in [2.05, 4.69) is 37.0 Å². The van der Waals surface area contributed by atoms with Crippen LogP contribution in [0.1, 0.15) is 55.7 Å². The van der Waals surface area contributed by atoms with E-state index in [1.54, 1.807) is 0 Å². The summed E-state index contributed by atoms with van der Waals surface area (Å²) < 4.78 is 0. The fraction of sp³-hybridized carbons (Fsp3) is 0.688. The third kappa shape index (κ3) is 2.82. The summed E-state index contributed by atoms with van der Waals surface area (Å²) in [5.74, 6) is 0. The first-order valence-corrected chi connectivity index (χ1v) is 7.41. The molecule has 106 valence electrons. The van der Waals surface area contributed by atoms with Crippen LogP contribution in [0.4, 0.5) is 0 Å². The van der Waals surface area contributed by atoms with Crippen molar-refractivity contribution in [1.82, 2.24) is 9.88 Å². The third-order valence-corrected chi connectivity index (χ3v) is 4.85. The Morgan fingerprint density at radius 2 is 1.84 bits per heavy atom. The van der Waals surface area contributed by atoms with Crippen molar-refractivity contribution in [2.24, 2.45) is 5.73 Å². The highest BCUT2D eigenvalue weighted by atomic mass is 15.2. The average Bonchev–Trinajstić information content (AvgIpc) is 2.65. The van der Waals surface area contributed by atoms with Crippen molar-refractivity contribution in [1.29, 1.82) is 0 Å². The van der Waals surface area contributed by atoms with Gasteiger partial charge in [-0.2, -0.15) is 0 Å². The summed E-state index contributed by atoms with van der Waals surface area (Å²) >= 11 is 0. The van der Waals surface area contributed by atoms with Gasteiger partial charge in [-0.3, -0.25) is 4.98 Å². The molecule has 0 aliphatic heterocycles. The van der Waals surface area contributed by atoms with E-state index in [0.717, 1.165) is 0 Å². The van der Waals surface area contributed by atoms with Gasteiger partial charge in [-0.15, -0.1) is 0 Å². The Labute approximate surface area is 117 Å². The van der Waals surface area contributed by atoms with Crippen LogP contribution in [0.5, 0.6) is 0 Å². The highest BCUT2D eigenvalue weighted by Gasteiger charge is 2.40. The van der Waals surface area contributed by atoms with Gasteiger partial charge in [-0.05, 0) is 51.1 Å². The van der Waals surface area contributed by atoms with Gasteiger partial charge in [0.15, 0.2) is 0 Å². The van der Waals surface area contributed by atoms with E-state index >= 15 is 0 Å². The van der Waals surface area contributed by atoms with E-state index in [1.165, 1.54) is 49.7 Å². The predicted octanol–water partition coefficient (Wildman–Crippen LogP) is 3.04. The highest BCUT2D eigenvalue weighted by molar-refractivity contribution is 5.28. The summed E-state index contributed by atoms with van der Waals surface area (Å²) in [5.41, 5.74) is 9.25. The minimum atomic E-state index is 0.0503. The van der Waals surface area contributed by atoms with Crippen LogP contribution in [-0.4, -0.2) is 29.5 Å². The average molecular weight is 261 g/mol. The fourth-order valence-electron chi connectivity index (χ4n) is 3.47. The van der Waals surface area contributed by atoms with Crippen molar-refractivity contribution >= 4 is 0 Å². The number of nitrogens with zero attached hydrogens (tertiary/aromatic N) is 2. The standard InChI is InChI=1S/C16H27N3/c1-13-8-11-18-12-14(13)15(17)16(19(2)3)9-6-4-5-7-10-16/h8,11-12,15H,4-7,9-10,17H2,1-3H3. The summed E-state index contributed by atoms with van der Waals surface area (Å²) in [7, 11) is 4.35. The molecule has 2 rings (SSSR count). The van der Waals surface area contributed by atoms with Crippen LogP contribution in [0.3, 0.4) is 0 Å². The largest absolute Gasteiger partial charge is 0.322 e. The quantitative estimate of drug-likeness (QED) is 0.850. The van der Waals surface area contributed by atoms with Crippen LogP contribution in [0.2, 0.25) is 0 Å². The zero-order chi connectivity index (χ0) is 13.9. The van der Waals surface area contributed by atoms with Gasteiger partial charge in [-0.1, -0.05) is 25.7 Å². The fourth-order valence-corrected chi connectivity index (χ4v) is 3.47. The van der Waals surface area contributed by atoms with Crippen molar-refractivity contribution < 1.29 is 0 Å². The van der Waals surface area contributed by atoms with Crippen LogP contribution >= 0.6 is 0 Å². The number of hydrogen-bond acceptors (Lipinski definition) is 3. The lowest BCUT2D eigenvalue weighted by atomic mass is 9.78. The second kappa shape index (κ2) is 6.02. The number of aryl methyl sites for hydroxylation is 1. The van der Waals surface area contributed by atoms with Crippen molar-refractivity contribution in [3.63, 3.8) is 0 Å². The monoisotopic (exact) mass is 261 g/mol. The lowest BCUT2D eigenvalue weighted by molar-refractivity contribution is 0.0965. The number of rotatable bonds is 3. The predicted molar refractivity (Wildman–Crippen MR) is 80.0 cm³/mol. The van der Waals surface area contributed by atoms with Crippen molar-refractivity contribution in [2.45, 2.75) is 57.0 Å². The van der Waals surface area contributed by atoms with Crippen LogP contribution in [0.15, 0.2) is 18.5 Å². The molecule has 0 aromatic carbocycles. The number of hydrogen-bond donors (Lipinski definition) is 1. The number of aromatic nitrogens is 1. The van der Waals surface area contributed by atoms with Gasteiger partial charge >= 0.3 is 0 Å². The smallest absolute Gasteiger partial charge is 0.0499 e. The molecule has 1 fully saturated rings. The van der Waals surface area contributed by atoms with Crippen molar-refractivity contribution in [3.8, 4) is 0 Å². The van der Waals surface area contributed by atoms with E-state index in [-0.39, 0.29) is 11.6 Å². The van der Waals surface area contributed by atoms with E-state index < -0.39 is 0 Å².